The minimum atomic E-state index is -0.368. The first kappa shape index (κ1) is 21.0. The standard InChI is InChI=1S/C20H30N2O3.ClH/c1-24-15-19(10-12-21-13-11-19)14-22-18(23)20(8-3-9-20)16-4-6-17(25-2)7-5-16;/h4-7,21H,3,8-15H2,1-2H3,(H,22,23);1H. The third-order valence-electron chi connectivity index (χ3n) is 6.02. The lowest BCUT2D eigenvalue weighted by atomic mass is 9.63. The van der Waals surface area contributed by atoms with Crippen LogP contribution in [0.15, 0.2) is 24.3 Å². The number of rotatable bonds is 7. The molecular formula is C20H31ClN2O3. The van der Waals surface area contributed by atoms with Gasteiger partial charge in [0.05, 0.1) is 19.1 Å². The van der Waals surface area contributed by atoms with E-state index in [-0.39, 0.29) is 29.1 Å². The molecule has 26 heavy (non-hydrogen) atoms. The van der Waals surface area contributed by atoms with E-state index >= 15 is 0 Å². The summed E-state index contributed by atoms with van der Waals surface area (Å²) in [5.74, 6) is 0.991. The number of carbonyl (C=O) groups is 1. The van der Waals surface area contributed by atoms with Crippen molar-refractivity contribution in [1.29, 1.82) is 0 Å². The van der Waals surface area contributed by atoms with E-state index in [1.165, 1.54) is 0 Å². The van der Waals surface area contributed by atoms with Crippen molar-refractivity contribution in [2.45, 2.75) is 37.5 Å². The van der Waals surface area contributed by atoms with E-state index in [0.717, 1.165) is 56.5 Å². The first-order chi connectivity index (χ1) is 12.1. The van der Waals surface area contributed by atoms with Crippen molar-refractivity contribution in [1.82, 2.24) is 10.6 Å². The van der Waals surface area contributed by atoms with Crippen molar-refractivity contribution in [2.24, 2.45) is 5.41 Å². The SMILES string of the molecule is COCC1(CNC(=O)C2(c3ccc(OC)cc3)CCC2)CCNCC1.Cl. The average molecular weight is 383 g/mol. The molecule has 1 aromatic rings. The van der Waals surface area contributed by atoms with Gasteiger partial charge in [-0.05, 0) is 56.5 Å². The van der Waals surface area contributed by atoms with Crippen molar-refractivity contribution in [2.75, 3.05) is 40.5 Å². The van der Waals surface area contributed by atoms with Gasteiger partial charge in [0.1, 0.15) is 5.75 Å². The van der Waals surface area contributed by atoms with Crippen LogP contribution < -0.4 is 15.4 Å². The van der Waals surface area contributed by atoms with Crippen LogP contribution in [0, 0.1) is 5.41 Å². The highest BCUT2D eigenvalue weighted by molar-refractivity contribution is 5.89. The lowest BCUT2D eigenvalue weighted by Crippen LogP contribution is -2.53. The van der Waals surface area contributed by atoms with E-state index in [9.17, 15) is 4.79 Å². The molecule has 0 aromatic heterocycles. The van der Waals surface area contributed by atoms with E-state index in [0.29, 0.717) is 13.2 Å². The summed E-state index contributed by atoms with van der Waals surface area (Å²) in [6, 6.07) is 7.96. The molecule has 0 spiro atoms. The molecule has 2 aliphatic rings. The summed E-state index contributed by atoms with van der Waals surface area (Å²) in [6.45, 7) is 3.37. The Kier molecular flexibility index (Phi) is 7.33. The van der Waals surface area contributed by atoms with Gasteiger partial charge in [-0.25, -0.2) is 0 Å². The number of hydrogen-bond donors (Lipinski definition) is 2. The van der Waals surface area contributed by atoms with E-state index < -0.39 is 0 Å². The largest absolute Gasteiger partial charge is 0.497 e. The van der Waals surface area contributed by atoms with Gasteiger partial charge >= 0.3 is 0 Å². The number of benzene rings is 1. The van der Waals surface area contributed by atoms with Crippen LogP contribution in [0.3, 0.4) is 0 Å². The van der Waals surface area contributed by atoms with Gasteiger partial charge in [-0.1, -0.05) is 18.6 Å². The summed E-state index contributed by atoms with van der Waals surface area (Å²) < 4.78 is 10.7. The summed E-state index contributed by atoms with van der Waals surface area (Å²) in [4.78, 5) is 13.1. The molecular weight excluding hydrogens is 352 g/mol. The number of nitrogens with one attached hydrogen (secondary N) is 2. The zero-order valence-corrected chi connectivity index (χ0v) is 16.6. The zero-order valence-electron chi connectivity index (χ0n) is 15.8. The van der Waals surface area contributed by atoms with Crippen LogP contribution in [-0.4, -0.2) is 46.4 Å². The molecule has 6 heteroatoms. The zero-order chi connectivity index (χ0) is 17.8. The molecule has 0 radical (unpaired) electrons. The van der Waals surface area contributed by atoms with E-state index in [1.54, 1.807) is 14.2 Å². The summed E-state index contributed by atoms with van der Waals surface area (Å²) in [7, 11) is 3.41. The third kappa shape index (κ3) is 4.16. The maximum atomic E-state index is 13.1. The molecule has 5 nitrogen and oxygen atoms in total. The predicted molar refractivity (Wildman–Crippen MR) is 105 cm³/mol. The lowest BCUT2D eigenvalue weighted by molar-refractivity contribution is -0.130. The maximum Gasteiger partial charge on any atom is 0.230 e. The van der Waals surface area contributed by atoms with E-state index in [1.807, 2.05) is 24.3 Å². The third-order valence-corrected chi connectivity index (χ3v) is 6.02. The van der Waals surface area contributed by atoms with Crippen LogP contribution in [0.2, 0.25) is 0 Å². The number of hydrogen-bond acceptors (Lipinski definition) is 4. The molecule has 1 saturated heterocycles. The molecule has 1 saturated carbocycles. The van der Waals surface area contributed by atoms with Gasteiger partial charge in [0.15, 0.2) is 0 Å². The van der Waals surface area contributed by atoms with Crippen molar-refractivity contribution in [3.63, 3.8) is 0 Å². The van der Waals surface area contributed by atoms with Crippen LogP contribution in [0.5, 0.6) is 5.75 Å². The highest BCUT2D eigenvalue weighted by Crippen LogP contribution is 2.44. The Hall–Kier alpha value is -1.30. The number of ether oxygens (including phenoxy) is 2. The Morgan fingerprint density at radius 2 is 1.77 bits per heavy atom. The Bertz CT molecular complexity index is 576. The number of piperidine rings is 1. The molecule has 1 heterocycles. The minimum absolute atomic E-state index is 0. The van der Waals surface area contributed by atoms with E-state index in [4.69, 9.17) is 9.47 Å². The molecule has 1 amide bonds. The van der Waals surface area contributed by atoms with Crippen LogP contribution in [0.25, 0.3) is 0 Å². The van der Waals surface area contributed by atoms with Crippen molar-refractivity contribution >= 4 is 18.3 Å². The molecule has 0 bridgehead atoms. The second-order valence-corrected chi connectivity index (χ2v) is 7.53. The predicted octanol–water partition coefficient (Wildman–Crippen LogP) is 2.67. The van der Waals surface area contributed by atoms with Crippen LogP contribution >= 0.6 is 12.4 Å². The summed E-state index contributed by atoms with van der Waals surface area (Å²) in [5.41, 5.74) is 0.789. The fraction of sp³-hybridized carbons (Fsp3) is 0.650. The monoisotopic (exact) mass is 382 g/mol. The molecule has 0 unspecified atom stereocenters. The summed E-state index contributed by atoms with van der Waals surface area (Å²) >= 11 is 0. The Morgan fingerprint density at radius 1 is 1.12 bits per heavy atom. The summed E-state index contributed by atoms with van der Waals surface area (Å²) in [5, 5.41) is 6.66. The molecule has 2 fully saturated rings. The molecule has 1 aliphatic carbocycles. The first-order valence-corrected chi connectivity index (χ1v) is 9.27. The Labute approximate surface area is 162 Å². The molecule has 0 atom stereocenters. The number of carbonyl (C=O) groups excluding carboxylic acids is 1. The fourth-order valence-corrected chi connectivity index (χ4v) is 4.16. The van der Waals surface area contributed by atoms with Gasteiger partial charge in [0, 0.05) is 19.1 Å². The Morgan fingerprint density at radius 3 is 2.27 bits per heavy atom. The van der Waals surface area contributed by atoms with Gasteiger partial charge in [-0.15, -0.1) is 12.4 Å². The van der Waals surface area contributed by atoms with Crippen molar-refractivity contribution in [3.8, 4) is 5.75 Å². The number of halogens is 1. The van der Waals surface area contributed by atoms with Gasteiger partial charge in [-0.3, -0.25) is 4.79 Å². The number of methoxy groups -OCH3 is 2. The van der Waals surface area contributed by atoms with Gasteiger partial charge in [0.25, 0.3) is 0 Å². The van der Waals surface area contributed by atoms with Gasteiger partial charge < -0.3 is 20.1 Å². The van der Waals surface area contributed by atoms with Crippen LogP contribution in [0.4, 0.5) is 0 Å². The Balaban J connectivity index is 0.00000243. The minimum Gasteiger partial charge on any atom is -0.497 e. The van der Waals surface area contributed by atoms with Gasteiger partial charge in [-0.2, -0.15) is 0 Å². The highest BCUT2D eigenvalue weighted by atomic mass is 35.5. The van der Waals surface area contributed by atoms with Crippen LogP contribution in [-0.2, 0) is 14.9 Å². The first-order valence-electron chi connectivity index (χ1n) is 9.27. The second-order valence-electron chi connectivity index (χ2n) is 7.53. The van der Waals surface area contributed by atoms with Crippen molar-refractivity contribution < 1.29 is 14.3 Å². The quantitative estimate of drug-likeness (QED) is 0.761. The smallest absolute Gasteiger partial charge is 0.230 e. The molecule has 146 valence electrons. The summed E-state index contributed by atoms with van der Waals surface area (Å²) in [6.07, 6.45) is 5.02. The second kappa shape index (κ2) is 9.07. The highest BCUT2D eigenvalue weighted by Gasteiger charge is 2.46. The van der Waals surface area contributed by atoms with Crippen LogP contribution in [0.1, 0.15) is 37.7 Å². The van der Waals surface area contributed by atoms with E-state index in [2.05, 4.69) is 10.6 Å². The molecule has 2 N–H and O–H groups in total. The topological polar surface area (TPSA) is 59.6 Å². The molecule has 1 aliphatic heterocycles. The van der Waals surface area contributed by atoms with Crippen molar-refractivity contribution in [3.05, 3.63) is 29.8 Å². The molecule has 1 aromatic carbocycles. The normalized spacial score (nSPS) is 20.4. The van der Waals surface area contributed by atoms with Gasteiger partial charge in [0.2, 0.25) is 5.91 Å². The number of amides is 1. The fourth-order valence-electron chi connectivity index (χ4n) is 4.16. The molecule has 3 rings (SSSR count). The average Bonchev–Trinajstić information content (AvgIpc) is 2.61. The maximum absolute atomic E-state index is 13.1. The lowest BCUT2D eigenvalue weighted by Gasteiger charge is -2.43.